The molecule has 0 heterocycles. The van der Waals surface area contributed by atoms with E-state index in [2.05, 4.69) is 5.32 Å². The van der Waals surface area contributed by atoms with Gasteiger partial charge in [-0.25, -0.2) is 8.42 Å². The van der Waals surface area contributed by atoms with Crippen molar-refractivity contribution in [2.45, 2.75) is 35.3 Å². The third-order valence-electron chi connectivity index (χ3n) is 4.96. The molecule has 0 saturated heterocycles. The molecule has 2 aromatic carbocycles. The quantitative estimate of drug-likeness (QED) is 0.581. The zero-order chi connectivity index (χ0) is 21.9. The summed E-state index contributed by atoms with van der Waals surface area (Å²) in [6, 6.07) is 10.6. The lowest BCUT2D eigenvalue weighted by molar-refractivity contribution is -0.149. The Kier molecular flexibility index (Phi) is 6.97. The first-order valence-corrected chi connectivity index (χ1v) is 11.7. The van der Waals surface area contributed by atoms with Crippen LogP contribution in [-0.2, 0) is 24.2 Å². The van der Waals surface area contributed by atoms with Crippen molar-refractivity contribution in [1.82, 2.24) is 0 Å². The van der Waals surface area contributed by atoms with Crippen molar-refractivity contribution < 1.29 is 22.7 Å². The normalized spacial score (nSPS) is 15.6. The average molecular weight is 491 g/mol. The van der Waals surface area contributed by atoms with Crippen LogP contribution < -0.4 is 5.32 Å². The van der Waals surface area contributed by atoms with E-state index in [1.807, 2.05) is 0 Å². The number of hydrogen-bond donors (Lipinski definition) is 1. The van der Waals surface area contributed by atoms with E-state index < -0.39 is 33.1 Å². The van der Waals surface area contributed by atoms with E-state index in [0.717, 1.165) is 0 Å². The minimum Gasteiger partial charge on any atom is -0.454 e. The van der Waals surface area contributed by atoms with Crippen LogP contribution in [0.2, 0.25) is 15.1 Å². The average Bonchev–Trinajstić information content (AvgIpc) is 3.21. The van der Waals surface area contributed by atoms with Crippen molar-refractivity contribution in [3.8, 4) is 0 Å². The zero-order valence-corrected chi connectivity index (χ0v) is 18.7. The summed E-state index contributed by atoms with van der Waals surface area (Å²) in [6.45, 7) is -0.680. The van der Waals surface area contributed by atoms with Crippen LogP contribution in [-0.4, -0.2) is 31.6 Å². The van der Waals surface area contributed by atoms with Crippen LogP contribution in [0.1, 0.15) is 25.7 Å². The van der Waals surface area contributed by atoms with Gasteiger partial charge in [-0.15, -0.1) is 0 Å². The van der Waals surface area contributed by atoms with E-state index in [9.17, 15) is 18.0 Å². The molecule has 1 amide bonds. The molecule has 1 aliphatic carbocycles. The second-order valence-electron chi connectivity index (χ2n) is 6.89. The third-order valence-corrected chi connectivity index (χ3v) is 8.27. The van der Waals surface area contributed by atoms with Crippen LogP contribution >= 0.6 is 34.8 Å². The number of esters is 1. The second kappa shape index (κ2) is 9.14. The predicted molar refractivity (Wildman–Crippen MR) is 116 cm³/mol. The standard InChI is InChI=1S/C20H18Cl3NO5S/c21-13-10-15(22)18(16(23)11-13)24-17(25)12-29-19(26)20(8-4-5-9-20)30(27,28)14-6-2-1-3-7-14/h1-3,6-7,10-11H,4-5,8-9,12H2,(H,24,25). The monoisotopic (exact) mass is 489 g/mol. The summed E-state index contributed by atoms with van der Waals surface area (Å²) < 4.78 is 29.8. The lowest BCUT2D eigenvalue weighted by Gasteiger charge is -2.26. The molecule has 1 aliphatic rings. The maximum absolute atomic E-state index is 13.2. The number of benzene rings is 2. The SMILES string of the molecule is O=C(COC(=O)C1(S(=O)(=O)c2ccccc2)CCCC1)Nc1c(Cl)cc(Cl)cc1Cl. The number of amides is 1. The van der Waals surface area contributed by atoms with Crippen LogP contribution in [0.3, 0.4) is 0 Å². The van der Waals surface area contributed by atoms with Gasteiger partial charge in [0, 0.05) is 5.02 Å². The van der Waals surface area contributed by atoms with Gasteiger partial charge in [0.05, 0.1) is 20.6 Å². The first kappa shape index (κ1) is 22.9. The molecule has 0 atom stereocenters. The Morgan fingerprint density at radius 2 is 1.57 bits per heavy atom. The number of halogens is 3. The van der Waals surface area contributed by atoms with Crippen molar-refractivity contribution in [2.24, 2.45) is 0 Å². The van der Waals surface area contributed by atoms with Crippen molar-refractivity contribution in [2.75, 3.05) is 11.9 Å². The van der Waals surface area contributed by atoms with E-state index in [0.29, 0.717) is 17.9 Å². The van der Waals surface area contributed by atoms with Crippen LogP contribution in [0.25, 0.3) is 0 Å². The minimum atomic E-state index is -3.99. The summed E-state index contributed by atoms with van der Waals surface area (Å²) in [6.07, 6.45) is 1.42. The zero-order valence-electron chi connectivity index (χ0n) is 15.7. The van der Waals surface area contributed by atoms with Gasteiger partial charge in [-0.1, -0.05) is 65.8 Å². The fourth-order valence-corrected chi connectivity index (χ4v) is 6.44. The van der Waals surface area contributed by atoms with Gasteiger partial charge in [-0.3, -0.25) is 9.59 Å². The van der Waals surface area contributed by atoms with E-state index in [-0.39, 0.29) is 33.5 Å². The largest absolute Gasteiger partial charge is 0.454 e. The van der Waals surface area contributed by atoms with E-state index in [4.69, 9.17) is 39.5 Å². The summed E-state index contributed by atoms with van der Waals surface area (Å²) >= 11 is 17.9. The Morgan fingerprint density at radius 1 is 1.00 bits per heavy atom. The smallest absolute Gasteiger partial charge is 0.328 e. The number of carbonyl (C=O) groups is 2. The fourth-order valence-electron chi connectivity index (χ4n) is 3.45. The molecule has 0 unspecified atom stereocenters. The second-order valence-corrected chi connectivity index (χ2v) is 10.4. The number of hydrogen-bond acceptors (Lipinski definition) is 5. The molecule has 160 valence electrons. The summed E-state index contributed by atoms with van der Waals surface area (Å²) in [5.74, 6) is -1.65. The van der Waals surface area contributed by atoms with Crippen LogP contribution in [0.5, 0.6) is 0 Å². The number of rotatable bonds is 6. The lowest BCUT2D eigenvalue weighted by atomic mass is 10.1. The molecule has 0 aromatic heterocycles. The third kappa shape index (κ3) is 4.44. The molecule has 1 fully saturated rings. The molecule has 0 radical (unpaired) electrons. The van der Waals surface area contributed by atoms with E-state index in [1.165, 1.54) is 24.3 Å². The van der Waals surface area contributed by atoms with E-state index >= 15 is 0 Å². The number of carbonyl (C=O) groups excluding carboxylic acids is 2. The minimum absolute atomic E-state index is 0.0491. The lowest BCUT2D eigenvalue weighted by Crippen LogP contribution is -2.46. The Balaban J connectivity index is 1.75. The maximum Gasteiger partial charge on any atom is 0.328 e. The number of ether oxygens (including phenoxy) is 1. The number of anilines is 1. The Bertz CT molecular complexity index is 1040. The number of sulfone groups is 1. The summed E-state index contributed by atoms with van der Waals surface area (Å²) in [7, 11) is -3.99. The van der Waals surface area contributed by atoms with Crippen molar-refractivity contribution in [1.29, 1.82) is 0 Å². The summed E-state index contributed by atoms with van der Waals surface area (Å²) in [5, 5.41) is 2.98. The highest BCUT2D eigenvalue weighted by Gasteiger charge is 2.54. The van der Waals surface area contributed by atoms with Gasteiger partial charge < -0.3 is 10.1 Å². The van der Waals surface area contributed by atoms with Crippen molar-refractivity contribution >= 4 is 62.2 Å². The molecular formula is C20H18Cl3NO5S. The molecular weight excluding hydrogens is 473 g/mol. The highest BCUT2D eigenvalue weighted by atomic mass is 35.5. The molecule has 0 spiro atoms. The molecule has 1 saturated carbocycles. The van der Waals surface area contributed by atoms with Gasteiger partial charge in [0.2, 0.25) is 0 Å². The van der Waals surface area contributed by atoms with Crippen LogP contribution in [0.15, 0.2) is 47.4 Å². The molecule has 10 heteroatoms. The summed E-state index contributed by atoms with van der Waals surface area (Å²) in [4.78, 5) is 25.2. The molecule has 1 N–H and O–H groups in total. The van der Waals surface area contributed by atoms with E-state index in [1.54, 1.807) is 18.2 Å². The fraction of sp³-hybridized carbons (Fsp3) is 0.300. The topological polar surface area (TPSA) is 89.5 Å². The van der Waals surface area contributed by atoms with Gasteiger partial charge in [0.1, 0.15) is 0 Å². The first-order chi connectivity index (χ1) is 14.2. The highest BCUT2D eigenvalue weighted by molar-refractivity contribution is 7.93. The molecule has 0 bridgehead atoms. The van der Waals surface area contributed by atoms with Gasteiger partial charge in [-0.05, 0) is 37.1 Å². The van der Waals surface area contributed by atoms with Crippen molar-refractivity contribution in [3.63, 3.8) is 0 Å². The number of nitrogens with one attached hydrogen (secondary N) is 1. The maximum atomic E-state index is 13.2. The van der Waals surface area contributed by atoms with Crippen LogP contribution in [0, 0.1) is 0 Å². The van der Waals surface area contributed by atoms with Gasteiger partial charge in [0.15, 0.2) is 21.2 Å². The Hall–Kier alpha value is -1.80. The van der Waals surface area contributed by atoms with Gasteiger partial charge in [0.25, 0.3) is 5.91 Å². The first-order valence-electron chi connectivity index (χ1n) is 9.09. The van der Waals surface area contributed by atoms with Gasteiger partial charge >= 0.3 is 5.97 Å². The Labute approximate surface area is 189 Å². The predicted octanol–water partition coefficient (Wildman–Crippen LogP) is 4.92. The molecule has 3 rings (SSSR count). The van der Waals surface area contributed by atoms with Gasteiger partial charge in [-0.2, -0.15) is 0 Å². The van der Waals surface area contributed by atoms with Crippen LogP contribution in [0.4, 0.5) is 5.69 Å². The molecule has 30 heavy (non-hydrogen) atoms. The molecule has 0 aliphatic heterocycles. The van der Waals surface area contributed by atoms with Crippen molar-refractivity contribution in [3.05, 3.63) is 57.5 Å². The Morgan fingerprint density at radius 3 is 2.13 bits per heavy atom. The highest BCUT2D eigenvalue weighted by Crippen LogP contribution is 2.41. The molecule has 2 aromatic rings. The molecule has 6 nitrogen and oxygen atoms in total. The summed E-state index contributed by atoms with van der Waals surface area (Å²) in [5.41, 5.74) is 0.122.